The molecule has 0 spiro atoms. The molecule has 0 heteroatoms. The second kappa shape index (κ2) is 8.61. The fourth-order valence-electron chi connectivity index (χ4n) is 3.85. The monoisotopic (exact) mass is 260 g/mol. The Kier molecular flexibility index (Phi) is 6.74. The van der Waals surface area contributed by atoms with Gasteiger partial charge in [0.05, 0.1) is 0 Å². The Labute approximate surface area is 120 Å². The summed E-state index contributed by atoms with van der Waals surface area (Å²) in [5.41, 5.74) is 0. The van der Waals surface area contributed by atoms with Crippen molar-refractivity contribution in [3.63, 3.8) is 0 Å². The van der Waals surface area contributed by atoms with E-state index in [1.54, 1.807) is 0 Å². The standard InChI is InChI=1S/C19H32/c1-2-8-17-13-15-19(16-14-17)12-7-6-11-18-9-4-3-5-10-18/h6-7,11-12,17-19H,2-5,8-10,13-16H2,1H3. The van der Waals surface area contributed by atoms with Gasteiger partial charge in [0.15, 0.2) is 0 Å². The Balaban J connectivity index is 1.64. The molecule has 0 nitrogen and oxygen atoms in total. The lowest BCUT2D eigenvalue weighted by atomic mass is 9.80. The second-order valence-electron chi connectivity index (χ2n) is 6.74. The lowest BCUT2D eigenvalue weighted by molar-refractivity contribution is 0.294. The minimum atomic E-state index is 0.865. The first kappa shape index (κ1) is 14.9. The van der Waals surface area contributed by atoms with Gasteiger partial charge in [0, 0.05) is 0 Å². The van der Waals surface area contributed by atoms with E-state index in [4.69, 9.17) is 0 Å². The summed E-state index contributed by atoms with van der Waals surface area (Å²) in [7, 11) is 0. The van der Waals surface area contributed by atoms with Crippen molar-refractivity contribution in [2.75, 3.05) is 0 Å². The molecule has 2 aliphatic carbocycles. The lowest BCUT2D eigenvalue weighted by Gasteiger charge is -2.26. The van der Waals surface area contributed by atoms with Gasteiger partial charge in [-0.05, 0) is 56.3 Å². The van der Waals surface area contributed by atoms with Gasteiger partial charge in [-0.3, -0.25) is 0 Å². The smallest absolute Gasteiger partial charge is 0.0230 e. The maximum atomic E-state index is 2.47. The Bertz CT molecular complexity index is 272. The van der Waals surface area contributed by atoms with Crippen LogP contribution in [0.1, 0.15) is 77.6 Å². The number of allylic oxidation sites excluding steroid dienone is 4. The van der Waals surface area contributed by atoms with Crippen molar-refractivity contribution in [2.45, 2.75) is 77.6 Å². The van der Waals surface area contributed by atoms with Crippen LogP contribution in [0.4, 0.5) is 0 Å². The van der Waals surface area contributed by atoms with Crippen LogP contribution in [0, 0.1) is 17.8 Å². The zero-order valence-corrected chi connectivity index (χ0v) is 12.8. The van der Waals surface area contributed by atoms with Gasteiger partial charge in [0.2, 0.25) is 0 Å². The maximum Gasteiger partial charge on any atom is -0.0230 e. The average molecular weight is 260 g/mol. The summed E-state index contributed by atoms with van der Waals surface area (Å²) in [5.74, 6) is 2.77. The summed E-state index contributed by atoms with van der Waals surface area (Å²) in [5, 5.41) is 0. The van der Waals surface area contributed by atoms with Crippen molar-refractivity contribution in [3.05, 3.63) is 24.3 Å². The molecule has 0 aliphatic heterocycles. The van der Waals surface area contributed by atoms with Gasteiger partial charge >= 0.3 is 0 Å². The normalized spacial score (nSPS) is 30.4. The van der Waals surface area contributed by atoms with Crippen molar-refractivity contribution >= 4 is 0 Å². The van der Waals surface area contributed by atoms with Gasteiger partial charge in [0.25, 0.3) is 0 Å². The molecule has 0 aromatic carbocycles. The molecule has 0 radical (unpaired) electrons. The highest BCUT2D eigenvalue weighted by Gasteiger charge is 2.18. The largest absolute Gasteiger partial charge is 0.0814 e. The van der Waals surface area contributed by atoms with Crippen molar-refractivity contribution in [1.82, 2.24) is 0 Å². The third-order valence-corrected chi connectivity index (χ3v) is 5.12. The Morgan fingerprint density at radius 3 is 1.89 bits per heavy atom. The molecule has 108 valence electrons. The van der Waals surface area contributed by atoms with Crippen molar-refractivity contribution in [2.24, 2.45) is 17.8 Å². The molecule has 0 aromatic heterocycles. The molecule has 2 fully saturated rings. The van der Waals surface area contributed by atoms with E-state index in [1.165, 1.54) is 70.6 Å². The fraction of sp³-hybridized carbons (Fsp3) is 0.789. The van der Waals surface area contributed by atoms with Crippen LogP contribution in [0.3, 0.4) is 0 Å². The predicted octanol–water partition coefficient (Wildman–Crippen LogP) is 6.29. The zero-order valence-electron chi connectivity index (χ0n) is 12.8. The fourth-order valence-corrected chi connectivity index (χ4v) is 3.85. The summed E-state index contributed by atoms with van der Waals surface area (Å²) in [4.78, 5) is 0. The van der Waals surface area contributed by atoms with E-state index in [9.17, 15) is 0 Å². The van der Waals surface area contributed by atoms with E-state index in [2.05, 4.69) is 31.2 Å². The molecular formula is C19H32. The highest BCUT2D eigenvalue weighted by Crippen LogP contribution is 2.32. The van der Waals surface area contributed by atoms with Crippen molar-refractivity contribution in [1.29, 1.82) is 0 Å². The zero-order chi connectivity index (χ0) is 13.3. The molecule has 2 aliphatic rings. The van der Waals surface area contributed by atoms with Crippen LogP contribution in [-0.4, -0.2) is 0 Å². The van der Waals surface area contributed by atoms with Gasteiger partial charge in [-0.15, -0.1) is 0 Å². The molecule has 0 atom stereocenters. The first-order valence-electron chi connectivity index (χ1n) is 8.73. The van der Waals surface area contributed by atoms with Crippen LogP contribution in [0.5, 0.6) is 0 Å². The predicted molar refractivity (Wildman–Crippen MR) is 85.2 cm³/mol. The van der Waals surface area contributed by atoms with Crippen LogP contribution >= 0.6 is 0 Å². The third kappa shape index (κ3) is 5.55. The summed E-state index contributed by atoms with van der Waals surface area (Å²) < 4.78 is 0. The second-order valence-corrected chi connectivity index (χ2v) is 6.74. The molecule has 2 saturated carbocycles. The molecule has 2 rings (SSSR count). The highest BCUT2D eigenvalue weighted by molar-refractivity contribution is 5.06. The first-order valence-corrected chi connectivity index (χ1v) is 8.73. The molecule has 0 aromatic rings. The lowest BCUT2D eigenvalue weighted by Crippen LogP contribution is -2.12. The van der Waals surface area contributed by atoms with Gasteiger partial charge in [-0.25, -0.2) is 0 Å². The van der Waals surface area contributed by atoms with Gasteiger partial charge < -0.3 is 0 Å². The van der Waals surface area contributed by atoms with Gasteiger partial charge in [0.1, 0.15) is 0 Å². The van der Waals surface area contributed by atoms with Crippen molar-refractivity contribution in [3.8, 4) is 0 Å². The van der Waals surface area contributed by atoms with Crippen LogP contribution in [-0.2, 0) is 0 Å². The van der Waals surface area contributed by atoms with Gasteiger partial charge in [-0.1, -0.05) is 63.3 Å². The maximum absolute atomic E-state index is 2.47. The highest BCUT2D eigenvalue weighted by atomic mass is 14.2. The SMILES string of the molecule is CCCC1CCC(C=CC=CC2CCCCC2)CC1. The van der Waals surface area contributed by atoms with Crippen LogP contribution in [0.25, 0.3) is 0 Å². The van der Waals surface area contributed by atoms with Crippen LogP contribution < -0.4 is 0 Å². The van der Waals surface area contributed by atoms with Crippen molar-refractivity contribution < 1.29 is 0 Å². The molecule has 0 bridgehead atoms. The minimum Gasteiger partial charge on any atom is -0.0814 e. The summed E-state index contributed by atoms with van der Waals surface area (Å²) in [6, 6.07) is 0. The minimum absolute atomic E-state index is 0.865. The molecule has 0 amide bonds. The quantitative estimate of drug-likeness (QED) is 0.510. The van der Waals surface area contributed by atoms with E-state index in [0.29, 0.717) is 0 Å². The molecule has 0 saturated heterocycles. The van der Waals surface area contributed by atoms with E-state index < -0.39 is 0 Å². The number of rotatable bonds is 5. The third-order valence-electron chi connectivity index (χ3n) is 5.12. The first-order chi connectivity index (χ1) is 9.38. The Morgan fingerprint density at radius 2 is 1.32 bits per heavy atom. The average Bonchev–Trinajstić information content (AvgIpc) is 2.47. The molecular weight excluding hydrogens is 228 g/mol. The van der Waals surface area contributed by atoms with Gasteiger partial charge in [-0.2, -0.15) is 0 Å². The van der Waals surface area contributed by atoms with Crippen LogP contribution in [0.15, 0.2) is 24.3 Å². The molecule has 0 N–H and O–H groups in total. The number of hydrogen-bond donors (Lipinski definition) is 0. The van der Waals surface area contributed by atoms with E-state index in [-0.39, 0.29) is 0 Å². The Morgan fingerprint density at radius 1 is 0.737 bits per heavy atom. The topological polar surface area (TPSA) is 0 Å². The summed E-state index contributed by atoms with van der Waals surface area (Å²) >= 11 is 0. The van der Waals surface area contributed by atoms with E-state index in [1.807, 2.05) is 0 Å². The van der Waals surface area contributed by atoms with E-state index in [0.717, 1.165) is 17.8 Å². The molecule has 0 heterocycles. The number of hydrogen-bond acceptors (Lipinski definition) is 0. The molecule has 0 unspecified atom stereocenters. The van der Waals surface area contributed by atoms with E-state index >= 15 is 0 Å². The Hall–Kier alpha value is -0.520. The summed E-state index contributed by atoms with van der Waals surface area (Å²) in [6.45, 7) is 2.32. The molecule has 19 heavy (non-hydrogen) atoms. The van der Waals surface area contributed by atoms with Crippen LogP contribution in [0.2, 0.25) is 0 Å². The summed E-state index contributed by atoms with van der Waals surface area (Å²) in [6.07, 6.45) is 25.4.